The number of carbonyl (C=O) groups is 3. The lowest BCUT2D eigenvalue weighted by molar-refractivity contribution is -0.137. The van der Waals surface area contributed by atoms with Crippen LogP contribution in [0.2, 0.25) is 0 Å². The van der Waals surface area contributed by atoms with E-state index < -0.39 is 17.8 Å². The molecule has 1 aromatic carbocycles. The summed E-state index contributed by atoms with van der Waals surface area (Å²) in [5.41, 5.74) is 0.944. The van der Waals surface area contributed by atoms with Gasteiger partial charge in [0.2, 0.25) is 0 Å². The SMILES string of the molecule is O=C(O)CCN1C(=O)/C(=C2/OC(=O)c3ccccc32)SC1=S. The van der Waals surface area contributed by atoms with E-state index in [1.54, 1.807) is 24.3 Å². The molecule has 0 radical (unpaired) electrons. The highest BCUT2D eigenvalue weighted by molar-refractivity contribution is 8.26. The number of rotatable bonds is 3. The number of thioether (sulfide) groups is 1. The minimum Gasteiger partial charge on any atom is -0.481 e. The van der Waals surface area contributed by atoms with Crippen LogP contribution in [-0.2, 0) is 14.3 Å². The van der Waals surface area contributed by atoms with Crippen LogP contribution in [-0.4, -0.2) is 38.7 Å². The van der Waals surface area contributed by atoms with Gasteiger partial charge in [-0.3, -0.25) is 14.5 Å². The number of esters is 1. The lowest BCUT2D eigenvalue weighted by atomic mass is 10.1. The van der Waals surface area contributed by atoms with Crippen LogP contribution in [0.25, 0.3) is 5.76 Å². The van der Waals surface area contributed by atoms with Crippen molar-refractivity contribution < 1.29 is 24.2 Å². The molecule has 0 bridgehead atoms. The number of hydrogen-bond acceptors (Lipinski definition) is 6. The second-order valence-corrected chi connectivity index (χ2v) is 6.21. The first kappa shape index (κ1) is 14.7. The molecule has 0 atom stereocenters. The number of aliphatic carboxylic acids is 1. The van der Waals surface area contributed by atoms with Crippen molar-refractivity contribution >= 4 is 51.9 Å². The van der Waals surface area contributed by atoms with Gasteiger partial charge in [0, 0.05) is 12.1 Å². The monoisotopic (exact) mass is 335 g/mol. The Morgan fingerprint density at radius 3 is 2.64 bits per heavy atom. The highest BCUT2D eigenvalue weighted by Gasteiger charge is 2.39. The van der Waals surface area contributed by atoms with Crippen LogP contribution in [0.5, 0.6) is 0 Å². The highest BCUT2D eigenvalue weighted by atomic mass is 32.2. The zero-order valence-corrected chi connectivity index (χ0v) is 12.7. The van der Waals surface area contributed by atoms with E-state index >= 15 is 0 Å². The summed E-state index contributed by atoms with van der Waals surface area (Å²) < 4.78 is 5.46. The van der Waals surface area contributed by atoms with E-state index in [2.05, 4.69) is 0 Å². The smallest absolute Gasteiger partial charge is 0.344 e. The Morgan fingerprint density at radius 1 is 1.27 bits per heavy atom. The van der Waals surface area contributed by atoms with Crippen LogP contribution in [0.1, 0.15) is 22.3 Å². The van der Waals surface area contributed by atoms with E-state index in [4.69, 9.17) is 22.1 Å². The molecule has 0 aliphatic carbocycles. The number of fused-ring (bicyclic) bond motifs is 1. The zero-order chi connectivity index (χ0) is 15.9. The Bertz CT molecular complexity index is 755. The van der Waals surface area contributed by atoms with Crippen molar-refractivity contribution in [3.8, 4) is 0 Å². The second-order valence-electron chi connectivity index (χ2n) is 4.56. The lowest BCUT2D eigenvalue weighted by Crippen LogP contribution is -2.30. The molecule has 0 spiro atoms. The summed E-state index contributed by atoms with van der Waals surface area (Å²) in [5.74, 6) is -1.77. The summed E-state index contributed by atoms with van der Waals surface area (Å²) in [5, 5.41) is 8.72. The largest absolute Gasteiger partial charge is 0.481 e. The van der Waals surface area contributed by atoms with Gasteiger partial charge in [-0.1, -0.05) is 42.2 Å². The van der Waals surface area contributed by atoms with Crippen molar-refractivity contribution in [2.75, 3.05) is 6.54 Å². The summed E-state index contributed by atoms with van der Waals surface area (Å²) in [6.45, 7) is -0.00757. The van der Waals surface area contributed by atoms with Crippen LogP contribution in [0, 0.1) is 0 Å². The Labute approximate surface area is 134 Å². The number of benzene rings is 1. The van der Waals surface area contributed by atoms with Crippen molar-refractivity contribution in [2.45, 2.75) is 6.42 Å². The minimum absolute atomic E-state index is 0.00757. The fourth-order valence-electron chi connectivity index (χ4n) is 2.17. The molecule has 1 amide bonds. The number of cyclic esters (lactones) is 1. The van der Waals surface area contributed by atoms with Gasteiger partial charge in [0.15, 0.2) is 5.76 Å². The molecule has 1 N–H and O–H groups in total. The van der Waals surface area contributed by atoms with Gasteiger partial charge in [-0.25, -0.2) is 4.79 Å². The lowest BCUT2D eigenvalue weighted by Gasteiger charge is -2.12. The summed E-state index contributed by atoms with van der Waals surface area (Å²) >= 11 is 6.12. The molecule has 22 heavy (non-hydrogen) atoms. The van der Waals surface area contributed by atoms with Crippen molar-refractivity contribution in [3.05, 3.63) is 40.3 Å². The van der Waals surface area contributed by atoms with Crippen LogP contribution in [0.15, 0.2) is 29.2 Å². The maximum absolute atomic E-state index is 12.4. The van der Waals surface area contributed by atoms with Crippen LogP contribution in [0.3, 0.4) is 0 Å². The first-order valence-electron chi connectivity index (χ1n) is 6.30. The van der Waals surface area contributed by atoms with Crippen LogP contribution < -0.4 is 0 Å². The third-order valence-electron chi connectivity index (χ3n) is 3.19. The number of thiocarbonyl (C=S) groups is 1. The van der Waals surface area contributed by atoms with Gasteiger partial charge in [0.1, 0.15) is 9.23 Å². The molecule has 1 aromatic rings. The summed E-state index contributed by atoms with van der Waals surface area (Å²) in [6, 6.07) is 6.77. The van der Waals surface area contributed by atoms with E-state index in [0.29, 0.717) is 11.1 Å². The molecule has 0 aromatic heterocycles. The van der Waals surface area contributed by atoms with Gasteiger partial charge in [0.05, 0.1) is 12.0 Å². The normalized spacial score (nSPS) is 20.4. The Hall–Kier alpha value is -2.19. The quantitative estimate of drug-likeness (QED) is 0.513. The Kier molecular flexibility index (Phi) is 3.71. The number of carboxylic acids is 1. The summed E-state index contributed by atoms with van der Waals surface area (Å²) in [4.78, 5) is 36.3. The molecule has 0 unspecified atom stereocenters. The first-order valence-corrected chi connectivity index (χ1v) is 7.53. The number of nitrogens with zero attached hydrogens (tertiary/aromatic N) is 1. The van der Waals surface area contributed by atoms with E-state index in [0.717, 1.165) is 11.8 Å². The maximum atomic E-state index is 12.4. The van der Waals surface area contributed by atoms with E-state index in [1.165, 1.54) is 4.90 Å². The van der Waals surface area contributed by atoms with Gasteiger partial charge in [-0.05, 0) is 6.07 Å². The van der Waals surface area contributed by atoms with Crippen molar-refractivity contribution in [1.82, 2.24) is 4.90 Å². The number of carboxylic acid groups (broad SMARTS) is 1. The second kappa shape index (κ2) is 5.54. The molecule has 0 saturated carbocycles. The standard InChI is InChI=1S/C14H9NO5S2/c16-9(17)5-6-15-12(18)11(22-14(15)21)10-7-3-1-2-4-8(7)13(19)20-10/h1-4H,5-6H2,(H,16,17)/b11-10-. The predicted octanol–water partition coefficient (Wildman–Crippen LogP) is 1.86. The van der Waals surface area contributed by atoms with Gasteiger partial charge >= 0.3 is 11.9 Å². The molecule has 112 valence electrons. The van der Waals surface area contributed by atoms with E-state index in [1.807, 2.05) is 0 Å². The molecular formula is C14H9NO5S2. The third-order valence-corrected chi connectivity index (χ3v) is 4.62. The van der Waals surface area contributed by atoms with E-state index in [9.17, 15) is 14.4 Å². The minimum atomic E-state index is -1.01. The zero-order valence-electron chi connectivity index (χ0n) is 11.1. The fraction of sp³-hybridized carbons (Fsp3) is 0.143. The van der Waals surface area contributed by atoms with Crippen molar-refractivity contribution in [1.29, 1.82) is 0 Å². The van der Waals surface area contributed by atoms with Gasteiger partial charge in [-0.2, -0.15) is 0 Å². The fourth-order valence-corrected chi connectivity index (χ4v) is 3.49. The number of amides is 1. The van der Waals surface area contributed by atoms with E-state index in [-0.39, 0.29) is 28.0 Å². The number of ether oxygens (including phenoxy) is 1. The Balaban J connectivity index is 1.97. The molecule has 2 heterocycles. The summed E-state index contributed by atoms with van der Waals surface area (Å²) in [7, 11) is 0. The maximum Gasteiger partial charge on any atom is 0.344 e. The number of carbonyl (C=O) groups excluding carboxylic acids is 2. The molecule has 2 aliphatic rings. The third kappa shape index (κ3) is 2.40. The van der Waals surface area contributed by atoms with Gasteiger partial charge in [0.25, 0.3) is 5.91 Å². The first-order chi connectivity index (χ1) is 10.5. The Morgan fingerprint density at radius 2 is 1.95 bits per heavy atom. The van der Waals surface area contributed by atoms with Crippen LogP contribution >= 0.6 is 24.0 Å². The average molecular weight is 335 g/mol. The van der Waals surface area contributed by atoms with Crippen molar-refractivity contribution in [3.63, 3.8) is 0 Å². The molecule has 8 heteroatoms. The van der Waals surface area contributed by atoms with Crippen LogP contribution in [0.4, 0.5) is 0 Å². The molecule has 1 saturated heterocycles. The predicted molar refractivity (Wildman–Crippen MR) is 82.9 cm³/mol. The average Bonchev–Trinajstić information content (AvgIpc) is 2.95. The van der Waals surface area contributed by atoms with Gasteiger partial charge < -0.3 is 9.84 Å². The molecule has 3 rings (SSSR count). The summed E-state index contributed by atoms with van der Waals surface area (Å²) in [6.07, 6.45) is -0.203. The molecular weight excluding hydrogens is 326 g/mol. The van der Waals surface area contributed by atoms with Crippen molar-refractivity contribution in [2.24, 2.45) is 0 Å². The highest BCUT2D eigenvalue weighted by Crippen LogP contribution is 2.41. The molecule has 2 aliphatic heterocycles. The molecule has 6 nitrogen and oxygen atoms in total. The molecule has 1 fully saturated rings. The van der Waals surface area contributed by atoms with Gasteiger partial charge in [-0.15, -0.1) is 0 Å². The number of hydrogen-bond donors (Lipinski definition) is 1. The topological polar surface area (TPSA) is 83.9 Å².